The lowest BCUT2D eigenvalue weighted by Crippen LogP contribution is -2.20. The normalized spacial score (nSPS) is 27.4. The van der Waals surface area contributed by atoms with Crippen molar-refractivity contribution in [3.63, 3.8) is 0 Å². The Hall–Kier alpha value is -1.66. The van der Waals surface area contributed by atoms with Gasteiger partial charge in [0.25, 0.3) is 0 Å². The van der Waals surface area contributed by atoms with Crippen LogP contribution in [-0.2, 0) is 9.47 Å². The minimum absolute atomic E-state index is 0.201. The summed E-state index contributed by atoms with van der Waals surface area (Å²) in [6.07, 6.45) is 3.00. The molecule has 1 aliphatic rings. The van der Waals surface area contributed by atoms with Crippen LogP contribution in [0.1, 0.15) is 37.4 Å². The number of H-pyrrole nitrogens is 2. The number of hydrogen-bond donors (Lipinski definition) is 2. The highest BCUT2D eigenvalue weighted by Crippen LogP contribution is 2.45. The van der Waals surface area contributed by atoms with Crippen LogP contribution in [0.3, 0.4) is 0 Å². The van der Waals surface area contributed by atoms with Crippen LogP contribution >= 0.6 is 0 Å². The van der Waals surface area contributed by atoms with Crippen molar-refractivity contribution in [1.29, 1.82) is 0 Å². The van der Waals surface area contributed by atoms with Crippen molar-refractivity contribution in [2.45, 2.75) is 31.8 Å². The minimum Gasteiger partial charge on any atom is -0.338 e. The van der Waals surface area contributed by atoms with Crippen molar-refractivity contribution < 1.29 is 9.47 Å². The number of hydrogen-bond acceptors (Lipinski definition) is 4. The molecule has 1 saturated heterocycles. The standard InChI is InChI=1S/C11H14N4O2/c1-11(2)16-9(7-3-5-12-14-7)10(17-11)8-4-6-13-15-8/h3-6,9-10H,1-2H3,(H,12,14)(H,13,15)/t9-,10-/m0/s1. The lowest BCUT2D eigenvalue weighted by molar-refractivity contribution is -0.148. The van der Waals surface area contributed by atoms with Crippen LogP contribution in [0.15, 0.2) is 24.5 Å². The Labute approximate surface area is 98.3 Å². The zero-order valence-electron chi connectivity index (χ0n) is 9.68. The molecule has 0 radical (unpaired) electrons. The Bertz CT molecular complexity index is 433. The number of nitrogens with zero attached hydrogens (tertiary/aromatic N) is 2. The van der Waals surface area contributed by atoms with E-state index in [1.54, 1.807) is 12.4 Å². The van der Waals surface area contributed by atoms with Crippen LogP contribution < -0.4 is 0 Å². The summed E-state index contributed by atoms with van der Waals surface area (Å²) < 4.78 is 11.8. The summed E-state index contributed by atoms with van der Waals surface area (Å²) >= 11 is 0. The van der Waals surface area contributed by atoms with E-state index in [9.17, 15) is 0 Å². The summed E-state index contributed by atoms with van der Waals surface area (Å²) in [7, 11) is 0. The Balaban J connectivity index is 1.95. The molecule has 3 rings (SSSR count). The first-order valence-electron chi connectivity index (χ1n) is 5.50. The summed E-state index contributed by atoms with van der Waals surface area (Å²) in [5.74, 6) is -0.619. The lowest BCUT2D eigenvalue weighted by atomic mass is 10.1. The molecule has 0 amide bonds. The van der Waals surface area contributed by atoms with Gasteiger partial charge in [0.05, 0.1) is 11.4 Å². The second-order valence-electron chi connectivity index (χ2n) is 4.50. The van der Waals surface area contributed by atoms with Gasteiger partial charge in [-0.05, 0) is 26.0 Å². The largest absolute Gasteiger partial charge is 0.338 e. The number of rotatable bonds is 2. The SMILES string of the molecule is CC1(C)O[C@@H](c2ccn[nH]2)[C@H](c2ccn[nH]2)O1. The highest BCUT2D eigenvalue weighted by molar-refractivity contribution is 5.14. The third-order valence-corrected chi connectivity index (χ3v) is 2.75. The summed E-state index contributed by atoms with van der Waals surface area (Å²) in [4.78, 5) is 0. The van der Waals surface area contributed by atoms with Crippen molar-refractivity contribution in [3.05, 3.63) is 35.9 Å². The molecule has 2 N–H and O–H groups in total. The molecule has 2 aromatic rings. The fourth-order valence-corrected chi connectivity index (χ4v) is 2.07. The fraction of sp³-hybridized carbons (Fsp3) is 0.455. The van der Waals surface area contributed by atoms with Crippen LogP contribution in [0.4, 0.5) is 0 Å². The van der Waals surface area contributed by atoms with Crippen LogP contribution in [0.5, 0.6) is 0 Å². The molecule has 0 aromatic carbocycles. The number of ether oxygens (including phenoxy) is 2. The average Bonchev–Trinajstić information content (AvgIpc) is 2.93. The molecule has 1 fully saturated rings. The van der Waals surface area contributed by atoms with Gasteiger partial charge in [-0.1, -0.05) is 0 Å². The molecule has 0 aliphatic carbocycles. The molecule has 1 aliphatic heterocycles. The fourth-order valence-electron chi connectivity index (χ4n) is 2.07. The van der Waals surface area contributed by atoms with E-state index in [-0.39, 0.29) is 12.2 Å². The first-order chi connectivity index (χ1) is 8.16. The van der Waals surface area contributed by atoms with E-state index in [2.05, 4.69) is 20.4 Å². The predicted molar refractivity (Wildman–Crippen MR) is 58.9 cm³/mol. The van der Waals surface area contributed by atoms with Crippen molar-refractivity contribution in [3.8, 4) is 0 Å². The molecule has 6 heteroatoms. The molecule has 0 unspecified atom stereocenters. The minimum atomic E-state index is -0.619. The van der Waals surface area contributed by atoms with Gasteiger partial charge in [0.15, 0.2) is 5.79 Å². The zero-order valence-corrected chi connectivity index (χ0v) is 9.68. The number of aromatic nitrogens is 4. The average molecular weight is 234 g/mol. The van der Waals surface area contributed by atoms with E-state index in [1.165, 1.54) is 0 Å². The van der Waals surface area contributed by atoms with Crippen molar-refractivity contribution >= 4 is 0 Å². The second-order valence-corrected chi connectivity index (χ2v) is 4.50. The summed E-state index contributed by atoms with van der Waals surface area (Å²) in [5, 5.41) is 13.7. The summed E-state index contributed by atoms with van der Waals surface area (Å²) in [6, 6.07) is 3.78. The van der Waals surface area contributed by atoms with E-state index in [0.29, 0.717) is 0 Å². The summed E-state index contributed by atoms with van der Waals surface area (Å²) in [6.45, 7) is 3.79. The molecule has 90 valence electrons. The van der Waals surface area contributed by atoms with Crippen molar-refractivity contribution in [1.82, 2.24) is 20.4 Å². The first kappa shape index (κ1) is 10.5. The van der Waals surface area contributed by atoms with Gasteiger partial charge in [-0.25, -0.2) is 0 Å². The van der Waals surface area contributed by atoms with Crippen LogP contribution in [0.2, 0.25) is 0 Å². The number of nitrogens with one attached hydrogen (secondary N) is 2. The molecule has 3 heterocycles. The van der Waals surface area contributed by atoms with Gasteiger partial charge < -0.3 is 9.47 Å². The van der Waals surface area contributed by atoms with Gasteiger partial charge in [-0.15, -0.1) is 0 Å². The highest BCUT2D eigenvalue weighted by atomic mass is 16.8. The molecular weight excluding hydrogens is 220 g/mol. The highest BCUT2D eigenvalue weighted by Gasteiger charge is 2.44. The van der Waals surface area contributed by atoms with E-state index >= 15 is 0 Å². The van der Waals surface area contributed by atoms with Crippen molar-refractivity contribution in [2.75, 3.05) is 0 Å². The topological polar surface area (TPSA) is 75.8 Å². The van der Waals surface area contributed by atoms with E-state index in [1.807, 2.05) is 26.0 Å². The zero-order chi connectivity index (χ0) is 11.9. The van der Waals surface area contributed by atoms with E-state index < -0.39 is 5.79 Å². The molecule has 0 saturated carbocycles. The van der Waals surface area contributed by atoms with E-state index in [4.69, 9.17) is 9.47 Å². The maximum absolute atomic E-state index is 5.89. The van der Waals surface area contributed by atoms with Gasteiger partial charge in [0.1, 0.15) is 12.2 Å². The quantitative estimate of drug-likeness (QED) is 0.829. The molecule has 6 nitrogen and oxygen atoms in total. The van der Waals surface area contributed by atoms with Gasteiger partial charge >= 0.3 is 0 Å². The molecule has 2 aromatic heterocycles. The summed E-state index contributed by atoms with van der Waals surface area (Å²) in [5.41, 5.74) is 1.80. The van der Waals surface area contributed by atoms with Crippen molar-refractivity contribution in [2.24, 2.45) is 0 Å². The van der Waals surface area contributed by atoms with Crippen LogP contribution in [-0.4, -0.2) is 26.2 Å². The second kappa shape index (κ2) is 3.68. The van der Waals surface area contributed by atoms with E-state index in [0.717, 1.165) is 11.4 Å². The smallest absolute Gasteiger partial charge is 0.164 e. The molecule has 17 heavy (non-hydrogen) atoms. The van der Waals surface area contributed by atoms with Gasteiger partial charge in [0.2, 0.25) is 0 Å². The molecule has 0 bridgehead atoms. The lowest BCUT2D eigenvalue weighted by Gasteiger charge is -2.16. The van der Waals surface area contributed by atoms with Gasteiger partial charge in [0, 0.05) is 12.4 Å². The predicted octanol–water partition coefficient (Wildman–Crippen LogP) is 1.70. The number of aromatic amines is 2. The maximum atomic E-state index is 5.89. The third-order valence-electron chi connectivity index (χ3n) is 2.75. The monoisotopic (exact) mass is 234 g/mol. The Morgan fingerprint density at radius 1 is 1.00 bits per heavy atom. The van der Waals surface area contributed by atoms with Gasteiger partial charge in [-0.3, -0.25) is 10.2 Å². The Morgan fingerprint density at radius 3 is 1.82 bits per heavy atom. The molecule has 2 atom stereocenters. The Morgan fingerprint density at radius 2 is 1.47 bits per heavy atom. The Kier molecular flexibility index (Phi) is 2.27. The first-order valence-corrected chi connectivity index (χ1v) is 5.50. The van der Waals surface area contributed by atoms with Crippen LogP contribution in [0, 0.1) is 0 Å². The maximum Gasteiger partial charge on any atom is 0.164 e. The van der Waals surface area contributed by atoms with Gasteiger partial charge in [-0.2, -0.15) is 10.2 Å². The third kappa shape index (κ3) is 1.85. The molecule has 0 spiro atoms. The van der Waals surface area contributed by atoms with Crippen LogP contribution in [0.25, 0.3) is 0 Å². The molecular formula is C11H14N4O2.